The van der Waals surface area contributed by atoms with E-state index in [-0.39, 0.29) is 18.4 Å². The van der Waals surface area contributed by atoms with E-state index >= 15 is 0 Å². The Morgan fingerprint density at radius 3 is 2.08 bits per heavy atom. The molecule has 2 rings (SSSR count). The van der Waals surface area contributed by atoms with Crippen molar-refractivity contribution in [2.24, 2.45) is 0 Å². The zero-order valence-electron chi connectivity index (χ0n) is 6.95. The first-order chi connectivity index (χ1) is 5.70. The number of amides is 1. The highest BCUT2D eigenvalue weighted by Gasteiger charge is 2.44. The van der Waals surface area contributed by atoms with Gasteiger partial charge in [-0.2, -0.15) is 0 Å². The Bertz CT molecular complexity index is 218. The number of ether oxygens (including phenoxy) is 2. The Balaban J connectivity index is 2.04. The van der Waals surface area contributed by atoms with Crippen LogP contribution in [0.25, 0.3) is 0 Å². The van der Waals surface area contributed by atoms with E-state index in [0.717, 1.165) is 0 Å². The molecule has 4 nitrogen and oxygen atoms in total. The van der Waals surface area contributed by atoms with Crippen molar-refractivity contribution in [2.75, 3.05) is 13.2 Å². The van der Waals surface area contributed by atoms with Crippen molar-refractivity contribution in [3.63, 3.8) is 0 Å². The summed E-state index contributed by atoms with van der Waals surface area (Å²) >= 11 is 0. The maximum absolute atomic E-state index is 11.5. The summed E-state index contributed by atoms with van der Waals surface area (Å²) in [5.41, 5.74) is 0.529. The summed E-state index contributed by atoms with van der Waals surface area (Å²) < 4.78 is 10.1. The van der Waals surface area contributed by atoms with E-state index < -0.39 is 0 Å². The van der Waals surface area contributed by atoms with E-state index in [1.54, 1.807) is 11.8 Å². The lowest BCUT2D eigenvalue weighted by Gasteiger charge is -2.17. The van der Waals surface area contributed by atoms with E-state index in [2.05, 4.69) is 6.58 Å². The number of hydrogen-bond donors (Lipinski definition) is 0. The molecule has 0 aromatic carbocycles. The number of carbonyl (C=O) groups excluding carboxylic acids is 1. The van der Waals surface area contributed by atoms with Crippen LogP contribution in [0.4, 0.5) is 0 Å². The van der Waals surface area contributed by atoms with Crippen LogP contribution in [0.5, 0.6) is 0 Å². The molecule has 0 radical (unpaired) electrons. The van der Waals surface area contributed by atoms with Crippen molar-refractivity contribution < 1.29 is 14.3 Å². The van der Waals surface area contributed by atoms with Crippen LogP contribution in [-0.2, 0) is 14.3 Å². The van der Waals surface area contributed by atoms with Crippen LogP contribution in [0, 0.1) is 0 Å². The van der Waals surface area contributed by atoms with Gasteiger partial charge in [-0.05, 0) is 6.92 Å². The molecule has 12 heavy (non-hydrogen) atoms. The lowest BCUT2D eigenvalue weighted by atomic mass is 10.3. The van der Waals surface area contributed by atoms with Gasteiger partial charge in [-0.1, -0.05) is 6.58 Å². The van der Waals surface area contributed by atoms with Crippen LogP contribution in [0.15, 0.2) is 12.2 Å². The Labute approximate surface area is 70.7 Å². The summed E-state index contributed by atoms with van der Waals surface area (Å²) in [4.78, 5) is 13.1. The average Bonchev–Trinajstić information content (AvgIpc) is 2.81. The van der Waals surface area contributed by atoms with Gasteiger partial charge in [0.1, 0.15) is 0 Å². The predicted octanol–water partition coefficient (Wildman–Crippen LogP) is 0.104. The largest absolute Gasteiger partial charge is 0.351 e. The van der Waals surface area contributed by atoms with Crippen molar-refractivity contribution in [2.45, 2.75) is 19.4 Å². The molecule has 2 unspecified atom stereocenters. The monoisotopic (exact) mass is 169 g/mol. The fourth-order valence-corrected chi connectivity index (χ4v) is 1.07. The molecule has 2 saturated heterocycles. The second-order valence-electron chi connectivity index (χ2n) is 3.07. The summed E-state index contributed by atoms with van der Waals surface area (Å²) in [6.45, 7) is 6.54. The number of hydrogen-bond acceptors (Lipinski definition) is 3. The molecular weight excluding hydrogens is 158 g/mol. The maximum atomic E-state index is 11.5. The van der Waals surface area contributed by atoms with E-state index in [1.807, 2.05) is 0 Å². The predicted molar refractivity (Wildman–Crippen MR) is 41.1 cm³/mol. The Morgan fingerprint density at radius 2 is 1.83 bits per heavy atom. The van der Waals surface area contributed by atoms with E-state index in [1.165, 1.54) is 0 Å². The summed E-state index contributed by atoms with van der Waals surface area (Å²) in [5.74, 6) is -0.0694. The van der Waals surface area contributed by atoms with Crippen LogP contribution < -0.4 is 0 Å². The van der Waals surface area contributed by atoms with Gasteiger partial charge in [0.25, 0.3) is 5.91 Å². The third kappa shape index (κ3) is 1.35. The molecular formula is C8H11NO3. The molecule has 0 spiro atoms. The van der Waals surface area contributed by atoms with Crippen LogP contribution in [0.1, 0.15) is 6.92 Å². The molecule has 4 heteroatoms. The minimum atomic E-state index is -0.0694. The average molecular weight is 169 g/mol. The highest BCUT2D eigenvalue weighted by atomic mass is 16.6. The number of carbonyl (C=O) groups is 1. The van der Waals surface area contributed by atoms with Crippen molar-refractivity contribution in [3.05, 3.63) is 12.2 Å². The van der Waals surface area contributed by atoms with Crippen LogP contribution in [-0.4, -0.2) is 36.5 Å². The normalized spacial score (nSPS) is 31.1. The third-order valence-corrected chi connectivity index (χ3v) is 1.85. The molecule has 2 atom stereocenters. The zero-order valence-corrected chi connectivity index (χ0v) is 6.95. The minimum absolute atomic E-state index is 0.0679. The van der Waals surface area contributed by atoms with E-state index in [0.29, 0.717) is 18.8 Å². The van der Waals surface area contributed by atoms with Gasteiger partial charge < -0.3 is 9.47 Å². The molecule has 0 saturated carbocycles. The summed E-state index contributed by atoms with van der Waals surface area (Å²) in [7, 11) is 0. The van der Waals surface area contributed by atoms with Gasteiger partial charge in [0.15, 0.2) is 12.5 Å². The Morgan fingerprint density at radius 1 is 1.42 bits per heavy atom. The fourth-order valence-electron chi connectivity index (χ4n) is 1.07. The molecule has 0 aromatic heterocycles. The standard InChI is InChI=1S/C8H11NO3/c1-5(2)8(10)9(6-3-11-6)7-4-12-7/h6-7H,1,3-4H2,2H3. The lowest BCUT2D eigenvalue weighted by Crippen LogP contribution is -2.36. The first kappa shape index (κ1) is 7.76. The molecule has 2 aliphatic rings. The highest BCUT2D eigenvalue weighted by molar-refractivity contribution is 5.92. The maximum Gasteiger partial charge on any atom is 0.253 e. The highest BCUT2D eigenvalue weighted by Crippen LogP contribution is 2.26. The summed E-state index contributed by atoms with van der Waals surface area (Å²) in [5, 5.41) is 0. The topological polar surface area (TPSA) is 45.4 Å². The molecule has 2 aliphatic heterocycles. The van der Waals surface area contributed by atoms with Gasteiger partial charge in [0.05, 0.1) is 13.2 Å². The molecule has 2 heterocycles. The zero-order chi connectivity index (χ0) is 8.72. The van der Waals surface area contributed by atoms with Crippen LogP contribution in [0.2, 0.25) is 0 Å². The van der Waals surface area contributed by atoms with Crippen molar-refractivity contribution in [1.82, 2.24) is 4.90 Å². The third-order valence-electron chi connectivity index (χ3n) is 1.85. The molecule has 0 N–H and O–H groups in total. The Hall–Kier alpha value is -0.870. The van der Waals surface area contributed by atoms with Gasteiger partial charge in [0, 0.05) is 5.57 Å². The molecule has 1 amide bonds. The van der Waals surface area contributed by atoms with Crippen molar-refractivity contribution in [3.8, 4) is 0 Å². The second-order valence-corrected chi connectivity index (χ2v) is 3.07. The van der Waals surface area contributed by atoms with Crippen molar-refractivity contribution in [1.29, 1.82) is 0 Å². The van der Waals surface area contributed by atoms with Crippen LogP contribution in [0.3, 0.4) is 0 Å². The van der Waals surface area contributed by atoms with Gasteiger partial charge in [0.2, 0.25) is 0 Å². The summed E-state index contributed by atoms with van der Waals surface area (Å²) in [6.07, 6.45) is -0.136. The lowest BCUT2D eigenvalue weighted by molar-refractivity contribution is -0.131. The molecule has 2 fully saturated rings. The van der Waals surface area contributed by atoms with Gasteiger partial charge in [-0.3, -0.25) is 9.69 Å². The molecule has 0 aromatic rings. The quantitative estimate of drug-likeness (QED) is 0.444. The van der Waals surface area contributed by atoms with Crippen molar-refractivity contribution >= 4 is 5.91 Å². The smallest absolute Gasteiger partial charge is 0.253 e. The minimum Gasteiger partial charge on any atom is -0.351 e. The van der Waals surface area contributed by atoms with E-state index in [4.69, 9.17) is 9.47 Å². The molecule has 66 valence electrons. The fraction of sp³-hybridized carbons (Fsp3) is 0.625. The van der Waals surface area contributed by atoms with Gasteiger partial charge >= 0.3 is 0 Å². The number of nitrogens with zero attached hydrogens (tertiary/aromatic N) is 1. The number of rotatable bonds is 3. The summed E-state index contributed by atoms with van der Waals surface area (Å²) in [6, 6.07) is 0. The number of epoxide rings is 2. The second kappa shape index (κ2) is 2.57. The SMILES string of the molecule is C=C(C)C(=O)N(C1CO1)C1CO1. The first-order valence-corrected chi connectivity index (χ1v) is 3.91. The molecule has 0 aliphatic carbocycles. The molecule has 0 bridgehead atoms. The first-order valence-electron chi connectivity index (χ1n) is 3.91. The Kier molecular flexibility index (Phi) is 1.66. The van der Waals surface area contributed by atoms with Gasteiger partial charge in [-0.25, -0.2) is 0 Å². The van der Waals surface area contributed by atoms with E-state index in [9.17, 15) is 4.79 Å². The van der Waals surface area contributed by atoms with Gasteiger partial charge in [-0.15, -0.1) is 0 Å². The van der Waals surface area contributed by atoms with Crippen LogP contribution >= 0.6 is 0 Å².